The molecule has 1 unspecified atom stereocenters. The summed E-state index contributed by atoms with van der Waals surface area (Å²) in [6, 6.07) is 6.27. The highest BCUT2D eigenvalue weighted by molar-refractivity contribution is 6.17. The molecule has 160 valence electrons. The van der Waals surface area contributed by atoms with Crippen LogP contribution in [0.4, 0.5) is 11.8 Å². The number of nitrogens with one attached hydrogen (secondary N) is 1. The van der Waals surface area contributed by atoms with Gasteiger partial charge in [0.05, 0.1) is 7.11 Å². The summed E-state index contributed by atoms with van der Waals surface area (Å²) in [6.07, 6.45) is 4.87. The molecule has 0 radical (unpaired) electrons. The fraction of sp³-hybridized carbons (Fsp3) is 0.545. The maximum atomic E-state index is 6.04. The molecule has 6 nitrogen and oxygen atoms in total. The van der Waals surface area contributed by atoms with E-state index in [2.05, 4.69) is 28.3 Å². The highest BCUT2D eigenvalue weighted by Gasteiger charge is 2.17. The van der Waals surface area contributed by atoms with E-state index in [1.807, 2.05) is 19.1 Å². The van der Waals surface area contributed by atoms with Crippen LogP contribution in [-0.4, -0.2) is 36.8 Å². The lowest BCUT2D eigenvalue weighted by Gasteiger charge is -2.22. The molecule has 2 rings (SSSR count). The molecule has 3 N–H and O–H groups in total. The van der Waals surface area contributed by atoms with Crippen molar-refractivity contribution >= 4 is 23.4 Å². The Hall–Kier alpha value is -2.05. The van der Waals surface area contributed by atoms with Crippen molar-refractivity contribution in [1.82, 2.24) is 9.97 Å². The Labute approximate surface area is 179 Å². The van der Waals surface area contributed by atoms with Crippen LogP contribution < -0.4 is 15.8 Å². The summed E-state index contributed by atoms with van der Waals surface area (Å²) in [5.74, 6) is 2.33. The van der Waals surface area contributed by atoms with Gasteiger partial charge in [-0.05, 0) is 37.0 Å². The summed E-state index contributed by atoms with van der Waals surface area (Å²) in [5.41, 5.74) is 9.94. The molecule has 29 heavy (non-hydrogen) atoms. The van der Waals surface area contributed by atoms with E-state index in [0.717, 1.165) is 59.6 Å². The second-order valence-corrected chi connectivity index (χ2v) is 7.48. The van der Waals surface area contributed by atoms with Gasteiger partial charge in [0.2, 0.25) is 5.95 Å². The van der Waals surface area contributed by atoms with Crippen LogP contribution in [0.3, 0.4) is 0 Å². The van der Waals surface area contributed by atoms with Crippen LogP contribution in [0.2, 0.25) is 0 Å². The van der Waals surface area contributed by atoms with Crippen LogP contribution in [0.1, 0.15) is 55.0 Å². The lowest BCUT2D eigenvalue weighted by molar-refractivity contribution is 0.188. The summed E-state index contributed by atoms with van der Waals surface area (Å²) >= 11 is 6.04. The predicted octanol–water partition coefficient (Wildman–Crippen LogP) is 4.71. The standard InChI is InChI=1S/C22H33ClN4O2/c1-5-6-7-18(10-11-28-3)26-21-19(15(2)25-22(24)27-21)13-17-12-16(14-23)8-9-20(17)29-4/h8-9,12,18H,5-7,10-11,13-14H2,1-4H3,(H3,24,25,26,27). The van der Waals surface area contributed by atoms with E-state index in [9.17, 15) is 0 Å². The monoisotopic (exact) mass is 420 g/mol. The summed E-state index contributed by atoms with van der Waals surface area (Å²) in [7, 11) is 3.40. The average molecular weight is 421 g/mol. The van der Waals surface area contributed by atoms with Crippen LogP contribution in [0.25, 0.3) is 0 Å². The van der Waals surface area contributed by atoms with E-state index < -0.39 is 0 Å². The number of hydrogen-bond donors (Lipinski definition) is 2. The molecule has 0 saturated carbocycles. The Morgan fingerprint density at radius 2 is 2.00 bits per heavy atom. The third kappa shape index (κ3) is 6.75. The van der Waals surface area contributed by atoms with E-state index in [0.29, 0.717) is 18.9 Å². The van der Waals surface area contributed by atoms with Gasteiger partial charge in [-0.2, -0.15) is 4.98 Å². The molecule has 0 amide bonds. The first-order valence-corrected chi connectivity index (χ1v) is 10.7. The first kappa shape index (κ1) is 23.2. The molecule has 2 aromatic rings. The number of alkyl halides is 1. The number of hydrogen-bond acceptors (Lipinski definition) is 6. The third-order valence-electron chi connectivity index (χ3n) is 5.01. The number of aromatic nitrogens is 2. The van der Waals surface area contributed by atoms with E-state index >= 15 is 0 Å². The molecule has 0 bridgehead atoms. The van der Waals surface area contributed by atoms with Gasteiger partial charge in [0.1, 0.15) is 11.6 Å². The zero-order valence-electron chi connectivity index (χ0n) is 17.9. The van der Waals surface area contributed by atoms with Crippen molar-refractivity contribution in [3.63, 3.8) is 0 Å². The van der Waals surface area contributed by atoms with Crippen molar-refractivity contribution in [3.05, 3.63) is 40.6 Å². The lowest BCUT2D eigenvalue weighted by Crippen LogP contribution is -2.24. The van der Waals surface area contributed by atoms with Gasteiger partial charge in [0.15, 0.2) is 0 Å². The Balaban J connectivity index is 2.37. The fourth-order valence-electron chi connectivity index (χ4n) is 3.39. The molecule has 0 saturated heterocycles. The lowest BCUT2D eigenvalue weighted by atomic mass is 10.0. The minimum atomic E-state index is 0.262. The summed E-state index contributed by atoms with van der Waals surface area (Å²) in [4.78, 5) is 8.93. The molecular formula is C22H33ClN4O2. The van der Waals surface area contributed by atoms with Gasteiger partial charge in [0.25, 0.3) is 0 Å². The predicted molar refractivity (Wildman–Crippen MR) is 120 cm³/mol. The number of rotatable bonds is 12. The highest BCUT2D eigenvalue weighted by atomic mass is 35.5. The van der Waals surface area contributed by atoms with E-state index in [-0.39, 0.29) is 12.0 Å². The summed E-state index contributed by atoms with van der Waals surface area (Å²) in [6.45, 7) is 4.86. The van der Waals surface area contributed by atoms with Gasteiger partial charge in [0, 0.05) is 43.3 Å². The number of nitrogens with zero attached hydrogens (tertiary/aromatic N) is 2. The number of aryl methyl sites for hydroxylation is 1. The van der Waals surface area contributed by atoms with Crippen molar-refractivity contribution in [3.8, 4) is 5.75 Å². The largest absolute Gasteiger partial charge is 0.496 e. The number of nitrogens with two attached hydrogens (primary N) is 1. The average Bonchev–Trinajstić information content (AvgIpc) is 2.72. The normalized spacial score (nSPS) is 12.0. The van der Waals surface area contributed by atoms with Crippen LogP contribution in [0.15, 0.2) is 18.2 Å². The number of benzene rings is 1. The fourth-order valence-corrected chi connectivity index (χ4v) is 3.55. The maximum absolute atomic E-state index is 6.04. The van der Waals surface area contributed by atoms with Crippen LogP contribution in [-0.2, 0) is 17.0 Å². The van der Waals surface area contributed by atoms with Gasteiger partial charge < -0.3 is 20.5 Å². The summed E-state index contributed by atoms with van der Waals surface area (Å²) < 4.78 is 10.9. The second-order valence-electron chi connectivity index (χ2n) is 7.22. The molecule has 1 aromatic carbocycles. The molecule has 0 fully saturated rings. The van der Waals surface area contributed by atoms with E-state index in [1.54, 1.807) is 14.2 Å². The van der Waals surface area contributed by atoms with Crippen LogP contribution in [0, 0.1) is 6.92 Å². The van der Waals surface area contributed by atoms with Crippen molar-refractivity contribution in [1.29, 1.82) is 0 Å². The first-order chi connectivity index (χ1) is 14.0. The minimum Gasteiger partial charge on any atom is -0.496 e. The highest BCUT2D eigenvalue weighted by Crippen LogP contribution is 2.28. The van der Waals surface area contributed by atoms with Crippen molar-refractivity contribution in [2.24, 2.45) is 0 Å². The first-order valence-electron chi connectivity index (χ1n) is 10.1. The molecule has 1 atom stereocenters. The number of methoxy groups -OCH3 is 2. The van der Waals surface area contributed by atoms with Gasteiger partial charge in [-0.3, -0.25) is 0 Å². The van der Waals surface area contributed by atoms with E-state index in [1.165, 1.54) is 0 Å². The molecule has 0 aliphatic heterocycles. The smallest absolute Gasteiger partial charge is 0.222 e. The molecule has 0 spiro atoms. The molecule has 1 heterocycles. The third-order valence-corrected chi connectivity index (χ3v) is 5.32. The van der Waals surface area contributed by atoms with Crippen molar-refractivity contribution in [2.45, 2.75) is 57.9 Å². The number of halogens is 1. The van der Waals surface area contributed by atoms with Crippen molar-refractivity contribution in [2.75, 3.05) is 31.9 Å². The van der Waals surface area contributed by atoms with E-state index in [4.69, 9.17) is 26.8 Å². The topological polar surface area (TPSA) is 82.3 Å². The Bertz CT molecular complexity index is 778. The SMILES string of the molecule is CCCCC(CCOC)Nc1nc(N)nc(C)c1Cc1cc(CCl)ccc1OC. The Kier molecular flexibility index (Phi) is 9.48. The molecule has 7 heteroatoms. The molecule has 0 aliphatic rings. The van der Waals surface area contributed by atoms with Crippen LogP contribution >= 0.6 is 11.6 Å². The number of unbranched alkanes of at least 4 members (excludes halogenated alkanes) is 1. The second kappa shape index (κ2) is 11.8. The molecule has 1 aromatic heterocycles. The Morgan fingerprint density at radius 1 is 1.21 bits per heavy atom. The molecule has 0 aliphatic carbocycles. The van der Waals surface area contributed by atoms with Gasteiger partial charge >= 0.3 is 0 Å². The number of ether oxygens (including phenoxy) is 2. The zero-order chi connectivity index (χ0) is 21.2. The Morgan fingerprint density at radius 3 is 2.66 bits per heavy atom. The van der Waals surface area contributed by atoms with Gasteiger partial charge in [-0.15, -0.1) is 11.6 Å². The van der Waals surface area contributed by atoms with Gasteiger partial charge in [-0.1, -0.05) is 31.9 Å². The quantitative estimate of drug-likeness (QED) is 0.484. The summed E-state index contributed by atoms with van der Waals surface area (Å²) in [5, 5.41) is 3.61. The molecular weight excluding hydrogens is 388 g/mol. The zero-order valence-corrected chi connectivity index (χ0v) is 18.7. The van der Waals surface area contributed by atoms with Crippen molar-refractivity contribution < 1.29 is 9.47 Å². The van der Waals surface area contributed by atoms with Crippen LogP contribution in [0.5, 0.6) is 5.75 Å². The van der Waals surface area contributed by atoms with Gasteiger partial charge in [-0.25, -0.2) is 4.98 Å². The minimum absolute atomic E-state index is 0.262. The maximum Gasteiger partial charge on any atom is 0.222 e. The number of nitrogen functional groups attached to an aromatic ring is 1. The number of anilines is 2.